The van der Waals surface area contributed by atoms with Crippen molar-refractivity contribution in [3.05, 3.63) is 133 Å². The molecule has 256 valence electrons. The Hall–Kier alpha value is -5.31. The molecule has 0 heterocycles. The summed E-state index contributed by atoms with van der Waals surface area (Å²) in [4.78, 5) is 0. The van der Waals surface area contributed by atoms with Gasteiger partial charge in [0.1, 0.15) is 23.0 Å². The van der Waals surface area contributed by atoms with E-state index >= 15 is 0 Å². The van der Waals surface area contributed by atoms with Crippen LogP contribution in [0.15, 0.2) is 133 Å². The van der Waals surface area contributed by atoms with E-state index < -0.39 is 7.92 Å². The molecule has 1 unspecified atom stereocenters. The van der Waals surface area contributed by atoms with Crippen LogP contribution in [0.2, 0.25) is 0 Å². The summed E-state index contributed by atoms with van der Waals surface area (Å²) < 4.78 is 24.4. The van der Waals surface area contributed by atoms with Crippen molar-refractivity contribution in [2.75, 3.05) is 34.6 Å². The zero-order chi connectivity index (χ0) is 35.3. The highest BCUT2D eigenvalue weighted by atomic mass is 31.1. The van der Waals surface area contributed by atoms with Gasteiger partial charge in [-0.3, -0.25) is 0 Å². The molecular formula is C46H43O4P. The smallest absolute Gasteiger partial charge is 0.130 e. The largest absolute Gasteiger partial charge is 0.496 e. The van der Waals surface area contributed by atoms with E-state index in [1.54, 1.807) is 28.4 Å². The second kappa shape index (κ2) is 15.3. The molecule has 0 fully saturated rings. The van der Waals surface area contributed by atoms with Crippen molar-refractivity contribution in [1.29, 1.82) is 0 Å². The van der Waals surface area contributed by atoms with Crippen molar-refractivity contribution in [3.63, 3.8) is 0 Å². The van der Waals surface area contributed by atoms with Gasteiger partial charge in [-0.25, -0.2) is 0 Å². The van der Waals surface area contributed by atoms with Crippen molar-refractivity contribution in [1.82, 2.24) is 0 Å². The van der Waals surface area contributed by atoms with Gasteiger partial charge in [-0.1, -0.05) is 123 Å². The molecule has 0 radical (unpaired) electrons. The lowest BCUT2D eigenvalue weighted by molar-refractivity contribution is 0.397. The first kappa shape index (κ1) is 34.2. The van der Waals surface area contributed by atoms with E-state index in [1.165, 1.54) is 32.5 Å². The number of hydrogen-bond acceptors (Lipinski definition) is 4. The zero-order valence-corrected chi connectivity index (χ0v) is 30.8. The minimum absolute atomic E-state index is 0.784. The van der Waals surface area contributed by atoms with Crippen LogP contribution >= 0.6 is 7.92 Å². The topological polar surface area (TPSA) is 36.9 Å². The zero-order valence-electron chi connectivity index (χ0n) is 29.9. The van der Waals surface area contributed by atoms with Crippen LogP contribution in [-0.4, -0.2) is 34.6 Å². The third-order valence-corrected chi connectivity index (χ3v) is 12.4. The lowest BCUT2D eigenvalue weighted by Gasteiger charge is -2.29. The molecule has 5 heteroatoms. The number of fused-ring (bicyclic) bond motifs is 2. The Kier molecular flexibility index (Phi) is 10.2. The maximum absolute atomic E-state index is 6.19. The number of rotatable bonds is 12. The van der Waals surface area contributed by atoms with Crippen molar-refractivity contribution >= 4 is 40.1 Å². The number of benzene rings is 7. The van der Waals surface area contributed by atoms with E-state index in [9.17, 15) is 0 Å². The summed E-state index contributed by atoms with van der Waals surface area (Å²) in [7, 11) is 6.01. The average molecular weight is 691 g/mol. The minimum Gasteiger partial charge on any atom is -0.496 e. The van der Waals surface area contributed by atoms with E-state index in [0.29, 0.717) is 0 Å². The van der Waals surface area contributed by atoms with Gasteiger partial charge in [-0.2, -0.15) is 0 Å². The molecule has 4 nitrogen and oxygen atoms in total. The fourth-order valence-corrected chi connectivity index (χ4v) is 10.4. The molecule has 0 N–H and O–H groups in total. The summed E-state index contributed by atoms with van der Waals surface area (Å²) in [6.07, 6.45) is 3.13. The van der Waals surface area contributed by atoms with Gasteiger partial charge in [0.05, 0.1) is 34.0 Å². The summed E-state index contributed by atoms with van der Waals surface area (Å²) in [5.41, 5.74) is 6.61. The SMILES string of the molecule is CCCCP(c1ccccc1-c1c(OC)cccc1OC)c1c(-c2c(OC)ccc3ccccc23)cccc1-c1c(OC)ccc2ccccc12. The lowest BCUT2D eigenvalue weighted by atomic mass is 9.92. The maximum atomic E-state index is 6.19. The highest BCUT2D eigenvalue weighted by Crippen LogP contribution is 2.51. The predicted molar refractivity (Wildman–Crippen MR) is 216 cm³/mol. The molecule has 0 aliphatic carbocycles. The fraction of sp³-hybridized carbons (Fsp3) is 0.174. The highest BCUT2D eigenvalue weighted by molar-refractivity contribution is 7.73. The molecule has 7 aromatic carbocycles. The predicted octanol–water partition coefficient (Wildman–Crippen LogP) is 11.3. The molecule has 7 aromatic rings. The van der Waals surface area contributed by atoms with Gasteiger partial charge in [-0.15, -0.1) is 0 Å². The van der Waals surface area contributed by atoms with Crippen LogP contribution in [-0.2, 0) is 0 Å². The summed E-state index contributed by atoms with van der Waals surface area (Å²) in [6.45, 7) is 2.27. The highest BCUT2D eigenvalue weighted by Gasteiger charge is 2.29. The molecule has 0 aliphatic rings. The van der Waals surface area contributed by atoms with Crippen LogP contribution < -0.4 is 29.6 Å². The average Bonchev–Trinajstić information content (AvgIpc) is 3.19. The molecule has 0 aromatic heterocycles. The second-order valence-corrected chi connectivity index (χ2v) is 14.7. The van der Waals surface area contributed by atoms with Crippen molar-refractivity contribution in [2.45, 2.75) is 19.8 Å². The van der Waals surface area contributed by atoms with E-state index in [1.807, 2.05) is 18.2 Å². The van der Waals surface area contributed by atoms with Crippen LogP contribution in [0.1, 0.15) is 19.8 Å². The quantitative estimate of drug-likeness (QED) is 0.120. The van der Waals surface area contributed by atoms with Crippen molar-refractivity contribution in [3.8, 4) is 56.4 Å². The van der Waals surface area contributed by atoms with Gasteiger partial charge in [0.25, 0.3) is 0 Å². The Labute approximate surface area is 302 Å². The molecule has 0 saturated heterocycles. The second-order valence-electron chi connectivity index (χ2n) is 12.5. The van der Waals surface area contributed by atoms with E-state index in [0.717, 1.165) is 75.0 Å². The van der Waals surface area contributed by atoms with Crippen LogP contribution in [0.5, 0.6) is 23.0 Å². The van der Waals surface area contributed by atoms with Gasteiger partial charge in [-0.05, 0) is 93.6 Å². The molecule has 0 aliphatic heterocycles. The molecule has 0 saturated carbocycles. The molecule has 1 atom stereocenters. The van der Waals surface area contributed by atoms with E-state index in [2.05, 4.69) is 122 Å². The molecule has 51 heavy (non-hydrogen) atoms. The summed E-state index contributed by atoms with van der Waals surface area (Å²) in [5.74, 6) is 3.27. The summed E-state index contributed by atoms with van der Waals surface area (Å²) in [5, 5.41) is 7.23. The Morgan fingerprint density at radius 3 is 1.41 bits per heavy atom. The molecule has 0 amide bonds. The maximum Gasteiger partial charge on any atom is 0.130 e. The summed E-state index contributed by atoms with van der Waals surface area (Å²) in [6, 6.07) is 47.3. The monoisotopic (exact) mass is 690 g/mol. The normalized spacial score (nSPS) is 11.8. The number of methoxy groups -OCH3 is 4. The van der Waals surface area contributed by atoms with Crippen molar-refractivity contribution in [2.24, 2.45) is 0 Å². The van der Waals surface area contributed by atoms with Gasteiger partial charge in [0, 0.05) is 11.1 Å². The van der Waals surface area contributed by atoms with E-state index in [4.69, 9.17) is 18.9 Å². The first-order valence-electron chi connectivity index (χ1n) is 17.5. The fourth-order valence-electron chi connectivity index (χ4n) is 7.34. The minimum atomic E-state index is -0.993. The number of hydrogen-bond donors (Lipinski definition) is 0. The Balaban J connectivity index is 1.65. The number of ether oxygens (including phenoxy) is 4. The Morgan fingerprint density at radius 1 is 0.431 bits per heavy atom. The molecular weight excluding hydrogens is 647 g/mol. The van der Waals surface area contributed by atoms with Gasteiger partial charge >= 0.3 is 0 Å². The Morgan fingerprint density at radius 2 is 0.882 bits per heavy atom. The van der Waals surface area contributed by atoms with E-state index in [-0.39, 0.29) is 0 Å². The Bertz CT molecular complexity index is 2200. The third-order valence-electron chi connectivity index (χ3n) is 9.69. The summed E-state index contributed by atoms with van der Waals surface area (Å²) >= 11 is 0. The van der Waals surface area contributed by atoms with Crippen LogP contribution in [0.25, 0.3) is 54.9 Å². The van der Waals surface area contributed by atoms with Crippen molar-refractivity contribution < 1.29 is 18.9 Å². The van der Waals surface area contributed by atoms with Gasteiger partial charge < -0.3 is 18.9 Å². The molecule has 0 spiro atoms. The van der Waals surface area contributed by atoms with Crippen LogP contribution in [0, 0.1) is 0 Å². The first-order chi connectivity index (χ1) is 25.1. The van der Waals surface area contributed by atoms with Gasteiger partial charge in [0.15, 0.2) is 0 Å². The number of unbranched alkanes of at least 4 members (excludes halogenated alkanes) is 1. The lowest BCUT2D eigenvalue weighted by Crippen LogP contribution is -2.21. The molecule has 0 bridgehead atoms. The first-order valence-corrected chi connectivity index (χ1v) is 19.0. The van der Waals surface area contributed by atoms with Gasteiger partial charge in [0.2, 0.25) is 0 Å². The third kappa shape index (κ3) is 6.30. The standard InChI is InChI=1S/C46H43O4P/c1-6-7-30-51(42-25-13-12-20-35(42)45-38(47-2)23-15-24-39(45)48-3)46-36(43-33-18-10-8-16-31(33)26-28-40(43)49-4)21-14-22-37(46)44-34-19-11-9-17-32(34)27-29-41(44)50-5/h8-29H,6-7,30H2,1-5H3. The molecule has 7 rings (SSSR count). The van der Waals surface area contributed by atoms with Crippen LogP contribution in [0.4, 0.5) is 0 Å². The van der Waals surface area contributed by atoms with Crippen LogP contribution in [0.3, 0.4) is 0 Å².